The van der Waals surface area contributed by atoms with Crippen molar-refractivity contribution in [1.82, 2.24) is 15.0 Å². The maximum absolute atomic E-state index is 12.7. The maximum Gasteiger partial charge on any atom is 0.255 e. The Hall–Kier alpha value is -3.83. The summed E-state index contributed by atoms with van der Waals surface area (Å²) in [6.07, 6.45) is 4.74. The molecule has 0 bridgehead atoms. The van der Waals surface area contributed by atoms with Crippen LogP contribution in [0.4, 0.5) is 11.5 Å². The van der Waals surface area contributed by atoms with E-state index in [0.717, 1.165) is 16.8 Å². The Balaban J connectivity index is 1.92. The molecule has 1 amide bonds. The molecule has 0 unspecified atom stereocenters. The normalized spacial score (nSPS) is 11.0. The minimum atomic E-state index is -1.15. The summed E-state index contributed by atoms with van der Waals surface area (Å²) in [5.74, 6) is 0.241. The van der Waals surface area contributed by atoms with Gasteiger partial charge in [-0.25, -0.2) is 4.98 Å². The summed E-state index contributed by atoms with van der Waals surface area (Å²) in [4.78, 5) is 27.4. The number of carbonyl (C=O) groups excluding carboxylic acids is 1. The molecule has 31 heavy (non-hydrogen) atoms. The fourth-order valence-electron chi connectivity index (χ4n) is 3.05. The highest BCUT2D eigenvalue weighted by Crippen LogP contribution is 2.28. The fraction of sp³-hybridized carbons (Fsp3) is 0.261. The molecule has 3 heterocycles. The van der Waals surface area contributed by atoms with Crippen molar-refractivity contribution in [3.05, 3.63) is 65.4 Å². The molecule has 8 heteroatoms. The van der Waals surface area contributed by atoms with Crippen molar-refractivity contribution >= 4 is 17.4 Å². The molecular formula is C23H24N6O2. The lowest BCUT2D eigenvalue weighted by atomic mass is 10.0. The van der Waals surface area contributed by atoms with E-state index in [9.17, 15) is 15.2 Å². The third-order valence-electron chi connectivity index (χ3n) is 4.72. The van der Waals surface area contributed by atoms with Crippen LogP contribution in [-0.4, -0.2) is 40.1 Å². The Bertz CT molecular complexity index is 1180. The second-order valence-corrected chi connectivity index (χ2v) is 7.90. The molecule has 0 aliphatic rings. The number of hydrogen-bond acceptors (Lipinski definition) is 7. The summed E-state index contributed by atoms with van der Waals surface area (Å²) < 4.78 is 0. The Morgan fingerprint density at radius 3 is 2.55 bits per heavy atom. The minimum absolute atomic E-state index is 0.344. The molecule has 0 aromatic carbocycles. The summed E-state index contributed by atoms with van der Waals surface area (Å²) in [7, 11) is 3.66. The smallest absolute Gasteiger partial charge is 0.255 e. The summed E-state index contributed by atoms with van der Waals surface area (Å²) >= 11 is 0. The van der Waals surface area contributed by atoms with Gasteiger partial charge in [0.25, 0.3) is 5.91 Å². The summed E-state index contributed by atoms with van der Waals surface area (Å²) in [5.41, 5.74) is 2.82. The van der Waals surface area contributed by atoms with Crippen molar-refractivity contribution in [3.8, 4) is 17.2 Å². The molecule has 3 aromatic heterocycles. The topological polar surface area (TPSA) is 115 Å². The zero-order chi connectivity index (χ0) is 22.8. The molecule has 3 rings (SSSR count). The Morgan fingerprint density at radius 2 is 1.90 bits per heavy atom. The molecule has 0 saturated carbocycles. The Labute approximate surface area is 181 Å². The van der Waals surface area contributed by atoms with E-state index in [-0.39, 0.29) is 5.91 Å². The summed E-state index contributed by atoms with van der Waals surface area (Å²) in [6, 6.07) is 8.87. The molecule has 0 atom stereocenters. The molecule has 0 saturated heterocycles. The van der Waals surface area contributed by atoms with Gasteiger partial charge in [0.05, 0.1) is 23.1 Å². The van der Waals surface area contributed by atoms with Crippen LogP contribution in [0.25, 0.3) is 11.1 Å². The highest BCUT2D eigenvalue weighted by molar-refractivity contribution is 6.04. The van der Waals surface area contributed by atoms with Gasteiger partial charge in [0, 0.05) is 48.9 Å². The lowest BCUT2D eigenvalue weighted by Crippen LogP contribution is -2.19. The second-order valence-electron chi connectivity index (χ2n) is 7.90. The molecule has 0 aliphatic heterocycles. The van der Waals surface area contributed by atoms with E-state index in [2.05, 4.69) is 26.3 Å². The van der Waals surface area contributed by atoms with E-state index < -0.39 is 5.60 Å². The quantitative estimate of drug-likeness (QED) is 0.656. The van der Waals surface area contributed by atoms with Crippen molar-refractivity contribution in [2.45, 2.75) is 26.4 Å². The van der Waals surface area contributed by atoms with E-state index in [1.807, 2.05) is 21.0 Å². The molecule has 3 aromatic rings. The van der Waals surface area contributed by atoms with Gasteiger partial charge in [-0.2, -0.15) is 5.26 Å². The largest absolute Gasteiger partial charge is 0.384 e. The SMILES string of the molecule is Cc1ncc(NC(=O)c2ccnc(C(C)(C)O)c2)cc1-c1cnc(N(C)C)c(C#N)c1. The van der Waals surface area contributed by atoms with Crippen LogP contribution in [0.5, 0.6) is 0 Å². The van der Waals surface area contributed by atoms with Crippen LogP contribution < -0.4 is 10.2 Å². The van der Waals surface area contributed by atoms with Crippen LogP contribution in [0.2, 0.25) is 0 Å². The molecule has 2 N–H and O–H groups in total. The van der Waals surface area contributed by atoms with Crippen molar-refractivity contribution in [3.63, 3.8) is 0 Å². The third-order valence-corrected chi connectivity index (χ3v) is 4.72. The standard InChI is InChI=1S/C23H24N6O2/c1-14-19(17-8-16(11-24)21(27-12-17)29(4)5)10-18(13-26-14)28-22(30)15-6-7-25-20(9-15)23(2,3)31/h6-10,12-13,31H,1-5H3,(H,28,30). The van der Waals surface area contributed by atoms with Crippen LogP contribution in [0, 0.1) is 18.3 Å². The number of aliphatic hydroxyl groups is 1. The van der Waals surface area contributed by atoms with E-state index >= 15 is 0 Å². The van der Waals surface area contributed by atoms with Crippen LogP contribution in [0.15, 0.2) is 42.9 Å². The predicted molar refractivity (Wildman–Crippen MR) is 119 cm³/mol. The third kappa shape index (κ3) is 4.85. The van der Waals surface area contributed by atoms with Crippen LogP contribution in [0.3, 0.4) is 0 Å². The molecule has 0 aliphatic carbocycles. The van der Waals surface area contributed by atoms with Gasteiger partial charge in [0.1, 0.15) is 17.5 Å². The van der Waals surface area contributed by atoms with E-state index in [1.54, 1.807) is 55.4 Å². The molecule has 0 fully saturated rings. The average molecular weight is 416 g/mol. The number of rotatable bonds is 5. The van der Waals surface area contributed by atoms with Gasteiger partial charge in [-0.1, -0.05) is 0 Å². The Kier molecular flexibility index (Phi) is 5.99. The maximum atomic E-state index is 12.7. The average Bonchev–Trinajstić information content (AvgIpc) is 2.74. The number of aryl methyl sites for hydroxylation is 1. The molecular weight excluding hydrogens is 392 g/mol. The number of hydrogen-bond donors (Lipinski definition) is 2. The number of nitrogens with one attached hydrogen (secondary N) is 1. The van der Waals surface area contributed by atoms with E-state index in [4.69, 9.17) is 0 Å². The molecule has 8 nitrogen and oxygen atoms in total. The first-order valence-electron chi connectivity index (χ1n) is 9.65. The van der Waals surface area contributed by atoms with Gasteiger partial charge in [-0.05, 0) is 45.0 Å². The van der Waals surface area contributed by atoms with E-state index in [1.165, 1.54) is 6.20 Å². The molecule has 0 spiro atoms. The number of pyridine rings is 3. The molecule has 0 radical (unpaired) electrons. The van der Waals surface area contributed by atoms with Crippen molar-refractivity contribution in [1.29, 1.82) is 5.26 Å². The second kappa shape index (κ2) is 8.50. The first kappa shape index (κ1) is 21.9. The zero-order valence-electron chi connectivity index (χ0n) is 18.1. The van der Waals surface area contributed by atoms with Gasteiger partial charge < -0.3 is 15.3 Å². The number of carbonyl (C=O) groups is 1. The zero-order valence-corrected chi connectivity index (χ0v) is 18.1. The number of nitrogens with zero attached hydrogens (tertiary/aromatic N) is 5. The van der Waals surface area contributed by atoms with Crippen LogP contribution >= 0.6 is 0 Å². The first-order chi connectivity index (χ1) is 14.6. The summed E-state index contributed by atoms with van der Waals surface area (Å²) in [6.45, 7) is 5.07. The van der Waals surface area contributed by atoms with E-state index in [0.29, 0.717) is 28.3 Å². The molecule has 158 valence electrons. The van der Waals surface area contributed by atoms with Gasteiger partial charge >= 0.3 is 0 Å². The van der Waals surface area contributed by atoms with Gasteiger partial charge in [0.2, 0.25) is 0 Å². The Morgan fingerprint density at radius 1 is 1.16 bits per heavy atom. The summed E-state index contributed by atoms with van der Waals surface area (Å²) in [5, 5.41) is 22.4. The highest BCUT2D eigenvalue weighted by Gasteiger charge is 2.19. The number of nitriles is 1. The first-order valence-corrected chi connectivity index (χ1v) is 9.65. The van der Waals surface area contributed by atoms with Crippen LogP contribution in [0.1, 0.15) is 41.2 Å². The predicted octanol–water partition coefficient (Wildman–Crippen LogP) is 3.26. The van der Waals surface area contributed by atoms with Gasteiger partial charge in [0.15, 0.2) is 0 Å². The highest BCUT2D eigenvalue weighted by atomic mass is 16.3. The number of aromatic nitrogens is 3. The lowest BCUT2D eigenvalue weighted by Gasteiger charge is -2.17. The van der Waals surface area contributed by atoms with Crippen molar-refractivity contribution in [2.75, 3.05) is 24.3 Å². The minimum Gasteiger partial charge on any atom is -0.384 e. The van der Waals surface area contributed by atoms with Gasteiger partial charge in [-0.15, -0.1) is 0 Å². The fourth-order valence-corrected chi connectivity index (χ4v) is 3.05. The lowest BCUT2D eigenvalue weighted by molar-refractivity contribution is 0.0737. The monoisotopic (exact) mass is 416 g/mol. The van der Waals surface area contributed by atoms with Gasteiger partial charge in [-0.3, -0.25) is 14.8 Å². The van der Waals surface area contributed by atoms with Crippen molar-refractivity contribution in [2.24, 2.45) is 0 Å². The number of amides is 1. The number of anilines is 2. The van der Waals surface area contributed by atoms with Crippen molar-refractivity contribution < 1.29 is 9.90 Å². The van der Waals surface area contributed by atoms with Crippen LogP contribution in [-0.2, 0) is 5.60 Å².